The van der Waals surface area contributed by atoms with Crippen LogP contribution in [0.1, 0.15) is 0 Å². The number of hydrogen-bond acceptors (Lipinski definition) is 4. The van der Waals surface area contributed by atoms with Gasteiger partial charge < -0.3 is 0 Å². The summed E-state index contributed by atoms with van der Waals surface area (Å²) in [5.41, 5.74) is 0. The van der Waals surface area contributed by atoms with Crippen LogP contribution in [0.15, 0.2) is 0 Å². The molecule has 4 atom stereocenters. The molecule has 66 valence electrons. The third-order valence-corrected chi connectivity index (χ3v) is 4.93. The molecule has 0 aliphatic carbocycles. The number of rotatable bonds is 2. The average molecular weight is 227 g/mol. The van der Waals surface area contributed by atoms with Gasteiger partial charge in [0.1, 0.15) is 0 Å². The van der Waals surface area contributed by atoms with Crippen LogP contribution in [-0.4, -0.2) is 60.3 Å². The van der Waals surface area contributed by atoms with Crippen molar-refractivity contribution < 1.29 is 20.4 Å². The van der Waals surface area contributed by atoms with E-state index in [1.807, 2.05) is 0 Å². The van der Waals surface area contributed by atoms with E-state index in [9.17, 15) is 5.11 Å². The zero-order valence-corrected chi connectivity index (χ0v) is 7.63. The van der Waals surface area contributed by atoms with Crippen LogP contribution in [-0.2, 0) is 0 Å². The Kier molecular flexibility index (Phi) is 3.30. The third-order valence-electron chi connectivity index (χ3n) is 1.76. The zero-order valence-electron chi connectivity index (χ0n) is 5.92. The Morgan fingerprint density at radius 3 is 2.45 bits per heavy atom. The first-order chi connectivity index (χ1) is 5.16. The quantitative estimate of drug-likeness (QED) is 0.411. The summed E-state index contributed by atoms with van der Waals surface area (Å²) in [7, 11) is 0. The van der Waals surface area contributed by atoms with Gasteiger partial charge in [0.15, 0.2) is 0 Å². The van der Waals surface area contributed by atoms with Crippen molar-refractivity contribution in [3.8, 4) is 0 Å². The SMILES string of the molecule is OC[C@H](O)[C@@H]1[Se]C[C@@H](O)[C@H]1O. The molecule has 1 fully saturated rings. The average Bonchev–Trinajstić information content (AvgIpc) is 2.32. The van der Waals surface area contributed by atoms with Crippen molar-refractivity contribution in [2.45, 2.75) is 28.4 Å². The summed E-state index contributed by atoms with van der Waals surface area (Å²) >= 11 is 0.0426. The number of aliphatic hydroxyl groups excluding tert-OH is 4. The molecule has 1 heterocycles. The first-order valence-corrected chi connectivity index (χ1v) is 5.63. The second-order valence-electron chi connectivity index (χ2n) is 2.61. The minimum absolute atomic E-state index is 0.0426. The maximum absolute atomic E-state index is 9.25. The van der Waals surface area contributed by atoms with E-state index in [1.54, 1.807) is 0 Å². The second-order valence-corrected chi connectivity index (χ2v) is 5.15. The molecule has 1 aliphatic heterocycles. The summed E-state index contributed by atoms with van der Waals surface area (Å²) in [6.45, 7) is -0.337. The van der Waals surface area contributed by atoms with Gasteiger partial charge in [0.25, 0.3) is 0 Å². The third kappa shape index (κ3) is 1.93. The van der Waals surface area contributed by atoms with Gasteiger partial charge in [0.05, 0.1) is 0 Å². The molecule has 1 aliphatic rings. The van der Waals surface area contributed by atoms with Crippen molar-refractivity contribution >= 4 is 15.0 Å². The summed E-state index contributed by atoms with van der Waals surface area (Å²) in [6.07, 6.45) is -2.43. The summed E-state index contributed by atoms with van der Waals surface area (Å²) in [4.78, 5) is -0.303. The van der Waals surface area contributed by atoms with Gasteiger partial charge in [0.2, 0.25) is 0 Å². The van der Waals surface area contributed by atoms with E-state index in [4.69, 9.17) is 15.3 Å². The van der Waals surface area contributed by atoms with Gasteiger partial charge in [-0.1, -0.05) is 0 Å². The summed E-state index contributed by atoms with van der Waals surface area (Å²) in [5, 5.41) is 36.6. The Morgan fingerprint density at radius 1 is 1.45 bits per heavy atom. The minimum atomic E-state index is -0.873. The standard InChI is InChI=1S/C6H12O4Se/c7-1-3(8)6-5(10)4(9)2-11-6/h3-10H,1-2H2/t3-,4+,5+,6-/m0/s1. The van der Waals surface area contributed by atoms with Crippen molar-refractivity contribution in [2.24, 2.45) is 0 Å². The van der Waals surface area contributed by atoms with Crippen molar-refractivity contribution in [1.82, 2.24) is 0 Å². The first-order valence-electron chi connectivity index (χ1n) is 3.43. The predicted octanol–water partition coefficient (Wildman–Crippen LogP) is -2.01. The molecule has 0 aromatic carbocycles. The number of aliphatic hydroxyl groups is 4. The van der Waals surface area contributed by atoms with Crippen molar-refractivity contribution in [2.75, 3.05) is 6.61 Å². The fourth-order valence-corrected chi connectivity index (χ4v) is 3.80. The van der Waals surface area contributed by atoms with Gasteiger partial charge in [-0.05, 0) is 0 Å². The van der Waals surface area contributed by atoms with E-state index >= 15 is 0 Å². The molecule has 11 heavy (non-hydrogen) atoms. The topological polar surface area (TPSA) is 80.9 Å². The molecule has 0 unspecified atom stereocenters. The number of hydrogen-bond donors (Lipinski definition) is 4. The normalized spacial score (nSPS) is 40.9. The first kappa shape index (κ1) is 9.45. The summed E-state index contributed by atoms with van der Waals surface area (Å²) < 4.78 is 0. The van der Waals surface area contributed by atoms with Crippen LogP contribution in [0.4, 0.5) is 0 Å². The second kappa shape index (κ2) is 3.85. The molecule has 1 saturated heterocycles. The molecule has 0 amide bonds. The molecule has 1 rings (SSSR count). The fraction of sp³-hybridized carbons (Fsp3) is 1.00. The van der Waals surface area contributed by atoms with Crippen LogP contribution >= 0.6 is 0 Å². The van der Waals surface area contributed by atoms with E-state index in [2.05, 4.69) is 0 Å². The van der Waals surface area contributed by atoms with Crippen LogP contribution in [0.3, 0.4) is 0 Å². The fourth-order valence-electron chi connectivity index (χ4n) is 1.07. The maximum atomic E-state index is 9.25. The molecule has 0 bridgehead atoms. The Bertz CT molecular complexity index is 132. The van der Waals surface area contributed by atoms with Crippen LogP contribution in [0.2, 0.25) is 10.1 Å². The zero-order chi connectivity index (χ0) is 8.43. The molecule has 0 radical (unpaired) electrons. The van der Waals surface area contributed by atoms with Crippen molar-refractivity contribution in [1.29, 1.82) is 0 Å². The molecular weight excluding hydrogens is 215 g/mol. The Labute approximate surface area is 71.0 Å². The predicted molar refractivity (Wildman–Crippen MR) is 39.4 cm³/mol. The molecule has 0 aromatic rings. The van der Waals surface area contributed by atoms with Crippen LogP contribution in [0, 0.1) is 0 Å². The van der Waals surface area contributed by atoms with Gasteiger partial charge in [-0.15, -0.1) is 0 Å². The Balaban J connectivity index is 2.47. The van der Waals surface area contributed by atoms with E-state index < -0.39 is 18.3 Å². The molecule has 0 saturated carbocycles. The monoisotopic (exact) mass is 228 g/mol. The van der Waals surface area contributed by atoms with E-state index in [1.165, 1.54) is 0 Å². The molecule has 4 nitrogen and oxygen atoms in total. The van der Waals surface area contributed by atoms with E-state index in [0.717, 1.165) is 0 Å². The van der Waals surface area contributed by atoms with Crippen LogP contribution in [0.25, 0.3) is 0 Å². The molecule has 4 N–H and O–H groups in total. The molecule has 5 heteroatoms. The Morgan fingerprint density at radius 2 is 2.09 bits per heavy atom. The molecular formula is C6H12O4Se. The van der Waals surface area contributed by atoms with Crippen LogP contribution in [0.5, 0.6) is 0 Å². The van der Waals surface area contributed by atoms with Gasteiger partial charge in [-0.25, -0.2) is 0 Å². The van der Waals surface area contributed by atoms with Gasteiger partial charge in [0, 0.05) is 0 Å². The van der Waals surface area contributed by atoms with Gasteiger partial charge in [-0.2, -0.15) is 0 Å². The van der Waals surface area contributed by atoms with Gasteiger partial charge >= 0.3 is 70.4 Å². The summed E-state index contributed by atoms with van der Waals surface area (Å²) in [6, 6.07) is 0. The van der Waals surface area contributed by atoms with E-state index in [0.29, 0.717) is 5.32 Å². The Hall–Kier alpha value is 0.359. The van der Waals surface area contributed by atoms with E-state index in [-0.39, 0.29) is 26.4 Å². The molecule has 0 aromatic heterocycles. The summed E-state index contributed by atoms with van der Waals surface area (Å²) in [5.74, 6) is 0. The molecule has 0 spiro atoms. The van der Waals surface area contributed by atoms with Gasteiger partial charge in [-0.3, -0.25) is 0 Å². The van der Waals surface area contributed by atoms with Crippen LogP contribution < -0.4 is 0 Å². The van der Waals surface area contributed by atoms with Crippen molar-refractivity contribution in [3.05, 3.63) is 0 Å². The van der Waals surface area contributed by atoms with Crippen molar-refractivity contribution in [3.63, 3.8) is 0 Å².